The summed E-state index contributed by atoms with van der Waals surface area (Å²) in [6, 6.07) is 9.95. The number of ether oxygens (including phenoxy) is 2. The fourth-order valence-corrected chi connectivity index (χ4v) is 3.56. The Hall–Kier alpha value is -3.81. The number of halogens is 2. The predicted molar refractivity (Wildman–Crippen MR) is 133 cm³/mol. The van der Waals surface area contributed by atoms with E-state index in [9.17, 15) is 9.59 Å². The zero-order valence-electron chi connectivity index (χ0n) is 19.3. The number of hydrogen-bond acceptors (Lipinski definition) is 8. The van der Waals surface area contributed by atoms with Crippen molar-refractivity contribution >= 4 is 57.6 Å². The van der Waals surface area contributed by atoms with E-state index in [-0.39, 0.29) is 33.6 Å². The van der Waals surface area contributed by atoms with Gasteiger partial charge < -0.3 is 14.0 Å². The van der Waals surface area contributed by atoms with E-state index in [0.717, 1.165) is 11.0 Å². The van der Waals surface area contributed by atoms with E-state index < -0.39 is 17.7 Å². The maximum Gasteiger partial charge on any atom is 0.414 e. The van der Waals surface area contributed by atoms with E-state index in [1.807, 2.05) is 22.0 Å². The van der Waals surface area contributed by atoms with Crippen LogP contribution in [-0.4, -0.2) is 33.9 Å². The van der Waals surface area contributed by atoms with Crippen molar-refractivity contribution in [1.82, 2.24) is 14.9 Å². The quantitative estimate of drug-likeness (QED) is 0.328. The predicted octanol–water partition coefficient (Wildman–Crippen LogP) is 5.45. The number of carbonyl (C=O) groups is 2. The molecule has 2 aromatic carbocycles. The summed E-state index contributed by atoms with van der Waals surface area (Å²) >= 11 is 12.8. The molecule has 2 amide bonds. The number of alkyl carbamates (subject to hydrolysis) is 1. The molecule has 0 radical (unpaired) electrons. The largest absolute Gasteiger partial charge is 0.454 e. The molecule has 3 rings (SSSR count). The number of nitrogens with one attached hydrogen (secondary N) is 2. The number of nitrogens with zero attached hydrogens (tertiary/aromatic N) is 4. The molecule has 0 bridgehead atoms. The molecule has 0 saturated heterocycles. The maximum absolute atomic E-state index is 11.9. The molecule has 0 spiro atoms. The Morgan fingerprint density at radius 2 is 1.89 bits per heavy atom. The van der Waals surface area contributed by atoms with Gasteiger partial charge in [0.2, 0.25) is 5.71 Å². The van der Waals surface area contributed by atoms with Crippen molar-refractivity contribution < 1.29 is 19.1 Å². The molecule has 0 aliphatic rings. The second kappa shape index (κ2) is 10.6. The number of benzene rings is 2. The summed E-state index contributed by atoms with van der Waals surface area (Å²) in [6.45, 7) is 7.85. The van der Waals surface area contributed by atoms with Gasteiger partial charge in [0.05, 0.1) is 39.7 Å². The number of imide groups is 1. The van der Waals surface area contributed by atoms with Gasteiger partial charge in [-0.15, -0.1) is 0 Å². The zero-order valence-corrected chi connectivity index (χ0v) is 20.9. The molecule has 1 aromatic heterocycles. The van der Waals surface area contributed by atoms with Crippen molar-refractivity contribution in [3.63, 3.8) is 0 Å². The second-order valence-corrected chi connectivity index (χ2v) is 8.98. The van der Waals surface area contributed by atoms with E-state index in [1.54, 1.807) is 25.4 Å². The molecule has 0 aliphatic carbocycles. The van der Waals surface area contributed by atoms with E-state index in [2.05, 4.69) is 41.0 Å². The monoisotopic (exact) mass is 516 g/mol. The van der Waals surface area contributed by atoms with E-state index >= 15 is 0 Å². The van der Waals surface area contributed by atoms with Crippen molar-refractivity contribution in [1.29, 1.82) is 5.26 Å². The van der Waals surface area contributed by atoms with E-state index in [4.69, 9.17) is 33.2 Å². The Morgan fingerprint density at radius 1 is 1.20 bits per heavy atom. The third-order valence-corrected chi connectivity index (χ3v) is 5.13. The minimum absolute atomic E-state index is 0.0654. The number of nitriles is 1. The number of aromatic nitrogens is 2. The van der Waals surface area contributed by atoms with Crippen LogP contribution in [0.5, 0.6) is 11.5 Å². The molecule has 0 fully saturated rings. The van der Waals surface area contributed by atoms with Crippen LogP contribution in [-0.2, 0) is 15.1 Å². The molecule has 10 nitrogen and oxygen atoms in total. The average Bonchev–Trinajstić information content (AvgIpc) is 3.20. The topological polar surface area (TPSA) is 131 Å². The normalized spacial score (nSPS) is 11.6. The van der Waals surface area contributed by atoms with Gasteiger partial charge in [0, 0.05) is 11.6 Å². The van der Waals surface area contributed by atoms with Crippen LogP contribution in [0.3, 0.4) is 0 Å². The van der Waals surface area contributed by atoms with Gasteiger partial charge in [0.1, 0.15) is 11.8 Å². The summed E-state index contributed by atoms with van der Waals surface area (Å²) in [7, 11) is 0. The van der Waals surface area contributed by atoms with Crippen molar-refractivity contribution in [2.24, 2.45) is 5.10 Å². The average molecular weight is 517 g/mol. The van der Waals surface area contributed by atoms with Crippen LogP contribution in [0.2, 0.25) is 10.0 Å². The van der Waals surface area contributed by atoms with Crippen LogP contribution in [0, 0.1) is 11.3 Å². The number of hydrazone groups is 1. The number of imidazole rings is 1. The van der Waals surface area contributed by atoms with Gasteiger partial charge in [0.15, 0.2) is 5.75 Å². The standard InChI is InChI=1S/C23H22Cl2N6O4/c1-5-34-22(33)28-21(32)18(11-26)30-29-13-8-15(24)20(16(25)9-13)35-14-6-7-17-19(10-14)31(12-27-17)23(2,3)4/h6-10,12,29H,5H2,1-4H3,(H,28,32,33)/b30-18+. The lowest BCUT2D eigenvalue weighted by atomic mass is 10.1. The minimum Gasteiger partial charge on any atom is -0.454 e. The van der Waals surface area contributed by atoms with Crippen LogP contribution >= 0.6 is 23.2 Å². The van der Waals surface area contributed by atoms with Crippen LogP contribution in [0.15, 0.2) is 41.8 Å². The zero-order chi connectivity index (χ0) is 25.8. The van der Waals surface area contributed by atoms with Crippen molar-refractivity contribution in [2.45, 2.75) is 33.2 Å². The first-order chi connectivity index (χ1) is 16.5. The van der Waals surface area contributed by atoms with Crippen molar-refractivity contribution in [2.75, 3.05) is 12.0 Å². The van der Waals surface area contributed by atoms with Gasteiger partial charge in [-0.2, -0.15) is 10.4 Å². The number of fused-ring (bicyclic) bond motifs is 1. The third-order valence-electron chi connectivity index (χ3n) is 4.57. The summed E-state index contributed by atoms with van der Waals surface area (Å²) in [5.41, 5.74) is 3.73. The van der Waals surface area contributed by atoms with Gasteiger partial charge in [-0.1, -0.05) is 23.2 Å². The van der Waals surface area contributed by atoms with E-state index in [0.29, 0.717) is 5.75 Å². The SMILES string of the molecule is CCOC(=O)NC(=O)/C(C#N)=N/Nc1cc(Cl)c(Oc2ccc3ncn(C(C)(C)C)c3c2)c(Cl)c1. The molecule has 3 aromatic rings. The third kappa shape index (κ3) is 6.20. The van der Waals surface area contributed by atoms with Crippen molar-refractivity contribution in [3.05, 3.63) is 46.7 Å². The Morgan fingerprint density at radius 3 is 2.49 bits per heavy atom. The highest BCUT2D eigenvalue weighted by Gasteiger charge is 2.18. The van der Waals surface area contributed by atoms with Gasteiger partial charge >= 0.3 is 6.09 Å². The van der Waals surface area contributed by atoms with Gasteiger partial charge in [-0.25, -0.2) is 9.78 Å². The number of amides is 2. The summed E-state index contributed by atoms with van der Waals surface area (Å²) in [4.78, 5) is 27.7. The summed E-state index contributed by atoms with van der Waals surface area (Å²) in [6.07, 6.45) is 0.787. The van der Waals surface area contributed by atoms with Crippen LogP contribution < -0.4 is 15.5 Å². The molecule has 35 heavy (non-hydrogen) atoms. The second-order valence-electron chi connectivity index (χ2n) is 8.17. The first-order valence-electron chi connectivity index (χ1n) is 10.4. The van der Waals surface area contributed by atoms with Crippen LogP contribution in [0.1, 0.15) is 27.7 Å². The maximum atomic E-state index is 11.9. The fourth-order valence-electron chi connectivity index (χ4n) is 2.99. The molecular formula is C23H22Cl2N6O4. The first kappa shape index (κ1) is 25.8. The highest BCUT2D eigenvalue weighted by Crippen LogP contribution is 2.39. The molecule has 0 aliphatic heterocycles. The van der Waals surface area contributed by atoms with Crippen LogP contribution in [0.25, 0.3) is 11.0 Å². The number of anilines is 1. The Labute approximate surface area is 211 Å². The molecule has 1 heterocycles. The molecule has 0 unspecified atom stereocenters. The number of hydrogen-bond donors (Lipinski definition) is 2. The van der Waals surface area contributed by atoms with Gasteiger partial charge in [0.25, 0.3) is 5.91 Å². The number of rotatable bonds is 6. The molecule has 2 N–H and O–H groups in total. The smallest absolute Gasteiger partial charge is 0.414 e. The summed E-state index contributed by atoms with van der Waals surface area (Å²) < 4.78 is 12.6. The lowest BCUT2D eigenvalue weighted by Gasteiger charge is -2.21. The summed E-state index contributed by atoms with van der Waals surface area (Å²) in [5.74, 6) is -0.307. The first-order valence-corrected chi connectivity index (χ1v) is 11.2. The Kier molecular flexibility index (Phi) is 7.84. The highest BCUT2D eigenvalue weighted by molar-refractivity contribution is 6.47. The lowest BCUT2D eigenvalue weighted by molar-refractivity contribution is -0.114. The fraction of sp³-hybridized carbons (Fsp3) is 0.261. The molecule has 0 saturated carbocycles. The molecule has 12 heteroatoms. The minimum atomic E-state index is -1.03. The molecule has 0 atom stereocenters. The molecule has 182 valence electrons. The van der Waals surface area contributed by atoms with Crippen molar-refractivity contribution in [3.8, 4) is 17.6 Å². The lowest BCUT2D eigenvalue weighted by Crippen LogP contribution is -2.36. The Bertz CT molecular complexity index is 1330. The number of carbonyl (C=O) groups excluding carboxylic acids is 2. The highest BCUT2D eigenvalue weighted by atomic mass is 35.5. The Balaban J connectivity index is 1.80. The van der Waals surface area contributed by atoms with Gasteiger partial charge in [-0.3, -0.25) is 15.5 Å². The molecular weight excluding hydrogens is 495 g/mol. The van der Waals surface area contributed by atoms with Crippen LogP contribution in [0.4, 0.5) is 10.5 Å². The summed E-state index contributed by atoms with van der Waals surface area (Å²) in [5, 5.41) is 15.1. The van der Waals surface area contributed by atoms with Gasteiger partial charge in [-0.05, 0) is 52.0 Å². The van der Waals surface area contributed by atoms with E-state index in [1.165, 1.54) is 12.1 Å².